The predicted octanol–water partition coefficient (Wildman–Crippen LogP) is -0.240. The van der Waals surface area contributed by atoms with Crippen molar-refractivity contribution in [2.75, 3.05) is 17.8 Å². The maximum Gasteiger partial charge on any atom is 0.330 e. The van der Waals surface area contributed by atoms with Crippen LogP contribution in [0.2, 0.25) is 0 Å². The van der Waals surface area contributed by atoms with Gasteiger partial charge in [-0.05, 0) is 19.4 Å². The molecule has 0 aliphatic carbocycles. The van der Waals surface area contributed by atoms with Gasteiger partial charge in [-0.3, -0.25) is 0 Å². The molecule has 8 nitrogen and oxygen atoms in total. The molecule has 17 heavy (non-hydrogen) atoms. The van der Waals surface area contributed by atoms with E-state index in [1.54, 1.807) is 6.92 Å². The zero-order valence-electron chi connectivity index (χ0n) is 9.43. The molecule has 96 valence electrons. The molecular weight excluding hydrogens is 246 g/mol. The van der Waals surface area contributed by atoms with Crippen molar-refractivity contribution < 1.29 is 12.8 Å². The maximum absolute atomic E-state index is 11.4. The largest absolute Gasteiger partial charge is 0.406 e. The Morgan fingerprint density at radius 1 is 1.53 bits per heavy atom. The molecule has 3 N–H and O–H groups in total. The highest BCUT2D eigenvalue weighted by molar-refractivity contribution is 7.90. The summed E-state index contributed by atoms with van der Waals surface area (Å²) < 4.78 is 32.4. The van der Waals surface area contributed by atoms with E-state index in [-0.39, 0.29) is 12.1 Å². The van der Waals surface area contributed by atoms with Crippen LogP contribution in [0, 0.1) is 0 Å². The van der Waals surface area contributed by atoms with Crippen LogP contribution in [0.4, 0.5) is 6.01 Å². The van der Waals surface area contributed by atoms with Crippen molar-refractivity contribution in [2.24, 2.45) is 0 Å². The van der Waals surface area contributed by atoms with Crippen LogP contribution < -0.4 is 14.8 Å². The van der Waals surface area contributed by atoms with Crippen molar-refractivity contribution in [3.8, 4) is 0 Å². The molecule has 1 aliphatic heterocycles. The lowest BCUT2D eigenvalue weighted by molar-refractivity contribution is 0.439. The van der Waals surface area contributed by atoms with Gasteiger partial charge in [-0.25, -0.2) is 4.72 Å². The Balaban J connectivity index is 2.03. The Hall–Kier alpha value is -1.19. The summed E-state index contributed by atoms with van der Waals surface area (Å²) in [6.07, 6.45) is 1.97. The summed E-state index contributed by atoms with van der Waals surface area (Å²) in [5.74, 6) is 0.414. The van der Waals surface area contributed by atoms with Crippen LogP contribution in [-0.2, 0) is 10.2 Å². The van der Waals surface area contributed by atoms with Crippen LogP contribution in [0.1, 0.15) is 31.7 Å². The van der Waals surface area contributed by atoms with E-state index in [1.165, 1.54) is 0 Å². The summed E-state index contributed by atoms with van der Waals surface area (Å²) in [5.41, 5.74) is 0. The van der Waals surface area contributed by atoms with E-state index in [9.17, 15) is 8.42 Å². The first-order valence-electron chi connectivity index (χ1n) is 5.45. The first-order valence-corrected chi connectivity index (χ1v) is 6.93. The smallest absolute Gasteiger partial charge is 0.330 e. The first kappa shape index (κ1) is 12.3. The van der Waals surface area contributed by atoms with E-state index >= 15 is 0 Å². The van der Waals surface area contributed by atoms with Gasteiger partial charge in [-0.15, -0.1) is 5.10 Å². The Morgan fingerprint density at radius 3 is 3.00 bits per heavy atom. The third kappa shape index (κ3) is 3.14. The molecule has 1 atom stereocenters. The van der Waals surface area contributed by atoms with Crippen LogP contribution in [0.25, 0.3) is 0 Å². The van der Waals surface area contributed by atoms with Crippen molar-refractivity contribution in [3.05, 3.63) is 5.89 Å². The molecule has 1 aromatic heterocycles. The lowest BCUT2D eigenvalue weighted by atomic mass is 10.2. The topological polar surface area (TPSA) is 109 Å². The van der Waals surface area contributed by atoms with Gasteiger partial charge in [-0.2, -0.15) is 13.1 Å². The van der Waals surface area contributed by atoms with Crippen LogP contribution in [0.5, 0.6) is 0 Å². The highest BCUT2D eigenvalue weighted by atomic mass is 32.2. The van der Waals surface area contributed by atoms with Gasteiger partial charge in [0, 0.05) is 6.54 Å². The third-order valence-corrected chi connectivity index (χ3v) is 3.47. The molecule has 0 radical (unpaired) electrons. The number of aromatic nitrogens is 2. The Labute approximate surface area is 99.4 Å². The fraction of sp³-hybridized carbons (Fsp3) is 0.750. The lowest BCUT2D eigenvalue weighted by Crippen LogP contribution is -2.29. The van der Waals surface area contributed by atoms with Gasteiger partial charge in [0.15, 0.2) is 0 Å². The second-order valence-corrected chi connectivity index (χ2v) is 5.20. The first-order chi connectivity index (χ1) is 8.11. The molecule has 1 saturated heterocycles. The second kappa shape index (κ2) is 4.98. The zero-order valence-corrected chi connectivity index (χ0v) is 10.2. The number of nitrogens with one attached hydrogen (secondary N) is 3. The van der Waals surface area contributed by atoms with Crippen molar-refractivity contribution in [2.45, 2.75) is 25.8 Å². The maximum atomic E-state index is 11.4. The fourth-order valence-electron chi connectivity index (χ4n) is 1.65. The van der Waals surface area contributed by atoms with Gasteiger partial charge in [0.05, 0.1) is 6.04 Å². The number of hydrogen-bond acceptors (Lipinski definition) is 6. The molecule has 0 amide bonds. The van der Waals surface area contributed by atoms with Gasteiger partial charge in [0.2, 0.25) is 5.89 Å². The van der Waals surface area contributed by atoms with Crippen LogP contribution in [0.3, 0.4) is 0 Å². The molecule has 2 heterocycles. The van der Waals surface area contributed by atoms with Crippen LogP contribution in [0.15, 0.2) is 4.42 Å². The molecule has 0 saturated carbocycles. The molecule has 2 rings (SSSR count). The SMILES string of the molecule is CCNS(=O)(=O)Nc1nnc(C2CCCN2)o1. The normalized spacial score (nSPS) is 20.6. The second-order valence-electron chi connectivity index (χ2n) is 3.70. The van der Waals surface area contributed by atoms with E-state index in [0.29, 0.717) is 12.4 Å². The van der Waals surface area contributed by atoms with Gasteiger partial charge in [0.25, 0.3) is 0 Å². The Morgan fingerprint density at radius 2 is 2.35 bits per heavy atom. The molecule has 0 bridgehead atoms. The third-order valence-electron chi connectivity index (χ3n) is 2.36. The number of nitrogens with zero attached hydrogens (tertiary/aromatic N) is 2. The minimum Gasteiger partial charge on any atom is -0.406 e. The van der Waals surface area contributed by atoms with Gasteiger partial charge in [0.1, 0.15) is 0 Å². The van der Waals surface area contributed by atoms with Gasteiger partial charge in [-0.1, -0.05) is 12.0 Å². The molecule has 0 spiro atoms. The molecule has 1 fully saturated rings. The summed E-state index contributed by atoms with van der Waals surface area (Å²) in [6, 6.07) is -0.0884. The molecule has 0 aromatic carbocycles. The Kier molecular flexibility index (Phi) is 3.60. The van der Waals surface area contributed by atoms with E-state index < -0.39 is 10.2 Å². The summed E-state index contributed by atoms with van der Waals surface area (Å²) in [6.45, 7) is 2.88. The van der Waals surface area contributed by atoms with E-state index in [2.05, 4.69) is 25.0 Å². The summed E-state index contributed by atoms with van der Waals surface area (Å²) in [5, 5.41) is 10.6. The van der Waals surface area contributed by atoms with E-state index in [4.69, 9.17) is 4.42 Å². The summed E-state index contributed by atoms with van der Waals surface area (Å²) in [7, 11) is -3.61. The van der Waals surface area contributed by atoms with Gasteiger partial charge >= 0.3 is 16.2 Å². The summed E-state index contributed by atoms with van der Waals surface area (Å²) in [4.78, 5) is 0. The number of rotatable bonds is 5. The average Bonchev–Trinajstić information content (AvgIpc) is 2.85. The predicted molar refractivity (Wildman–Crippen MR) is 60.5 cm³/mol. The lowest BCUT2D eigenvalue weighted by Gasteiger charge is -2.04. The van der Waals surface area contributed by atoms with E-state index in [0.717, 1.165) is 19.4 Å². The molecule has 1 aliphatic rings. The number of anilines is 1. The van der Waals surface area contributed by atoms with Crippen LogP contribution in [-0.4, -0.2) is 31.7 Å². The molecule has 1 aromatic rings. The van der Waals surface area contributed by atoms with Crippen molar-refractivity contribution in [1.82, 2.24) is 20.2 Å². The monoisotopic (exact) mass is 261 g/mol. The van der Waals surface area contributed by atoms with Crippen molar-refractivity contribution in [1.29, 1.82) is 0 Å². The number of hydrogen-bond donors (Lipinski definition) is 3. The molecule has 1 unspecified atom stereocenters. The molecule has 9 heteroatoms. The molecular formula is C8H15N5O3S. The van der Waals surface area contributed by atoms with Gasteiger partial charge < -0.3 is 9.73 Å². The Bertz CT molecular complexity index is 465. The zero-order chi connectivity index (χ0) is 12.3. The average molecular weight is 261 g/mol. The highest BCUT2D eigenvalue weighted by Crippen LogP contribution is 2.22. The van der Waals surface area contributed by atoms with Crippen LogP contribution >= 0.6 is 0 Å². The summed E-state index contributed by atoms with van der Waals surface area (Å²) >= 11 is 0. The van der Waals surface area contributed by atoms with Crippen molar-refractivity contribution in [3.63, 3.8) is 0 Å². The fourth-order valence-corrected chi connectivity index (χ4v) is 2.42. The highest BCUT2D eigenvalue weighted by Gasteiger charge is 2.23. The quantitative estimate of drug-likeness (QED) is 0.675. The van der Waals surface area contributed by atoms with E-state index in [1.807, 2.05) is 0 Å². The van der Waals surface area contributed by atoms with Crippen molar-refractivity contribution >= 4 is 16.2 Å². The minimum absolute atomic E-state index is 0.0277. The standard InChI is InChI=1S/C8H15N5O3S/c1-2-10-17(14,15)13-8-12-11-7(16-8)6-4-3-5-9-6/h6,9-10H,2-5H2,1H3,(H,12,13). The minimum atomic E-state index is -3.61.